The molecule has 2 aromatic carbocycles. The van der Waals surface area contributed by atoms with Crippen LogP contribution in [0.1, 0.15) is 5.56 Å². The molecule has 0 aliphatic rings. The summed E-state index contributed by atoms with van der Waals surface area (Å²) >= 11 is 0. The molecule has 0 atom stereocenters. The van der Waals surface area contributed by atoms with E-state index in [1.54, 1.807) is 6.07 Å². The maximum absolute atomic E-state index is 13.5. The van der Waals surface area contributed by atoms with Gasteiger partial charge in [-0.15, -0.1) is 0 Å². The van der Waals surface area contributed by atoms with Gasteiger partial charge in [0.15, 0.2) is 4.90 Å². The quantitative estimate of drug-likeness (QED) is 0.910. The average molecular weight is 317 g/mol. The lowest BCUT2D eigenvalue weighted by atomic mass is 10.2. The van der Waals surface area contributed by atoms with E-state index in [4.69, 9.17) is 5.11 Å². The summed E-state index contributed by atoms with van der Waals surface area (Å²) in [6.07, 6.45) is 0. The molecule has 0 unspecified atom stereocenters. The number of halogens is 3. The van der Waals surface area contributed by atoms with Gasteiger partial charge in [0.2, 0.25) is 0 Å². The minimum Gasteiger partial charge on any atom is -0.392 e. The van der Waals surface area contributed by atoms with E-state index >= 15 is 0 Å². The number of aliphatic hydroxyl groups is 1. The number of hydrogen-bond acceptors (Lipinski definition) is 3. The SMILES string of the molecule is O=S(=O)(Nc1ccccc1CO)c1c(F)cc(F)cc1F. The van der Waals surface area contributed by atoms with Crippen molar-refractivity contribution in [1.29, 1.82) is 0 Å². The minimum atomic E-state index is -4.60. The lowest BCUT2D eigenvalue weighted by Gasteiger charge is -2.12. The van der Waals surface area contributed by atoms with E-state index in [2.05, 4.69) is 0 Å². The highest BCUT2D eigenvalue weighted by molar-refractivity contribution is 7.92. The summed E-state index contributed by atoms with van der Waals surface area (Å²) in [4.78, 5) is -1.28. The van der Waals surface area contributed by atoms with Crippen LogP contribution in [0.3, 0.4) is 0 Å². The predicted octanol–water partition coefficient (Wildman–Crippen LogP) is 2.40. The lowest BCUT2D eigenvalue weighted by molar-refractivity contribution is 0.282. The number of benzene rings is 2. The third-order valence-electron chi connectivity index (χ3n) is 2.66. The molecule has 2 aromatic rings. The van der Waals surface area contributed by atoms with Crippen LogP contribution in [0.2, 0.25) is 0 Å². The van der Waals surface area contributed by atoms with Crippen molar-refractivity contribution in [3.8, 4) is 0 Å². The Balaban J connectivity index is 2.49. The van der Waals surface area contributed by atoms with E-state index in [1.165, 1.54) is 18.2 Å². The number of nitrogens with one attached hydrogen (secondary N) is 1. The molecule has 0 amide bonds. The van der Waals surface area contributed by atoms with Crippen LogP contribution in [0.4, 0.5) is 18.9 Å². The third kappa shape index (κ3) is 3.17. The molecular formula is C13H10F3NO3S. The number of sulfonamides is 1. The normalized spacial score (nSPS) is 11.4. The smallest absolute Gasteiger partial charge is 0.267 e. The molecule has 0 bridgehead atoms. The molecule has 0 aliphatic carbocycles. The van der Waals surface area contributed by atoms with E-state index < -0.39 is 39.0 Å². The van der Waals surface area contributed by atoms with Crippen molar-refractivity contribution in [3.63, 3.8) is 0 Å². The zero-order valence-corrected chi connectivity index (χ0v) is 11.3. The fraction of sp³-hybridized carbons (Fsp3) is 0.0769. The highest BCUT2D eigenvalue weighted by Crippen LogP contribution is 2.24. The Bertz CT molecular complexity index is 755. The molecule has 8 heteroatoms. The number of aliphatic hydroxyl groups excluding tert-OH is 1. The summed E-state index contributed by atoms with van der Waals surface area (Å²) in [6.45, 7) is -0.465. The van der Waals surface area contributed by atoms with Gasteiger partial charge in [-0.1, -0.05) is 18.2 Å². The second-order valence-electron chi connectivity index (χ2n) is 4.12. The van der Waals surface area contributed by atoms with Crippen molar-refractivity contribution in [3.05, 3.63) is 59.4 Å². The number of rotatable bonds is 4. The molecule has 0 spiro atoms. The van der Waals surface area contributed by atoms with Crippen LogP contribution in [-0.4, -0.2) is 13.5 Å². The van der Waals surface area contributed by atoms with E-state index in [9.17, 15) is 21.6 Å². The van der Waals surface area contributed by atoms with Crippen molar-refractivity contribution in [1.82, 2.24) is 0 Å². The molecule has 0 saturated carbocycles. The standard InChI is InChI=1S/C13H10F3NO3S/c14-9-5-10(15)13(11(16)6-9)21(19,20)17-12-4-2-1-3-8(12)7-18/h1-6,17-18H,7H2. The Morgan fingerprint density at radius 3 is 2.19 bits per heavy atom. The number of para-hydroxylation sites is 1. The Morgan fingerprint density at radius 1 is 1.05 bits per heavy atom. The molecule has 0 radical (unpaired) electrons. The van der Waals surface area contributed by atoms with E-state index in [1.807, 2.05) is 4.72 Å². The summed E-state index contributed by atoms with van der Waals surface area (Å²) in [6, 6.07) is 6.35. The van der Waals surface area contributed by atoms with E-state index in [0.717, 1.165) is 0 Å². The van der Waals surface area contributed by atoms with Crippen molar-refractivity contribution in [2.75, 3.05) is 4.72 Å². The Morgan fingerprint density at radius 2 is 1.62 bits per heavy atom. The van der Waals surface area contributed by atoms with Crippen LogP contribution in [-0.2, 0) is 16.6 Å². The fourth-order valence-corrected chi connectivity index (χ4v) is 2.96. The molecule has 0 aromatic heterocycles. The maximum atomic E-state index is 13.5. The van der Waals surface area contributed by atoms with Crippen LogP contribution in [0.5, 0.6) is 0 Å². The molecule has 0 fully saturated rings. The molecule has 112 valence electrons. The second-order valence-corrected chi connectivity index (χ2v) is 5.74. The fourth-order valence-electron chi connectivity index (χ4n) is 1.74. The van der Waals surface area contributed by atoms with Crippen LogP contribution < -0.4 is 4.72 Å². The Kier molecular flexibility index (Phi) is 4.19. The first-order valence-electron chi connectivity index (χ1n) is 5.71. The van der Waals surface area contributed by atoms with Crippen LogP contribution in [0.25, 0.3) is 0 Å². The topological polar surface area (TPSA) is 66.4 Å². The first-order valence-corrected chi connectivity index (χ1v) is 7.19. The first-order chi connectivity index (χ1) is 9.85. The molecule has 21 heavy (non-hydrogen) atoms. The summed E-state index contributed by atoms with van der Waals surface area (Å²) in [5.74, 6) is -4.30. The van der Waals surface area contributed by atoms with Crippen LogP contribution in [0.15, 0.2) is 41.3 Å². The summed E-state index contributed by atoms with van der Waals surface area (Å²) in [7, 11) is -4.60. The molecule has 0 heterocycles. The monoisotopic (exact) mass is 317 g/mol. The zero-order chi connectivity index (χ0) is 15.6. The maximum Gasteiger partial charge on any atom is 0.267 e. The van der Waals surface area contributed by atoms with Gasteiger partial charge in [-0.25, -0.2) is 21.6 Å². The minimum absolute atomic E-state index is 0.0249. The van der Waals surface area contributed by atoms with Gasteiger partial charge >= 0.3 is 0 Å². The summed E-state index contributed by atoms with van der Waals surface area (Å²) in [5, 5.41) is 9.10. The van der Waals surface area contributed by atoms with Gasteiger partial charge in [0.1, 0.15) is 17.5 Å². The lowest BCUT2D eigenvalue weighted by Crippen LogP contribution is -2.17. The van der Waals surface area contributed by atoms with Gasteiger partial charge in [0.25, 0.3) is 10.0 Å². The highest BCUT2D eigenvalue weighted by Gasteiger charge is 2.25. The number of hydrogen-bond donors (Lipinski definition) is 2. The molecule has 0 aliphatic heterocycles. The van der Waals surface area contributed by atoms with Crippen LogP contribution >= 0.6 is 0 Å². The van der Waals surface area contributed by atoms with Crippen molar-refractivity contribution in [2.24, 2.45) is 0 Å². The largest absolute Gasteiger partial charge is 0.392 e. The van der Waals surface area contributed by atoms with E-state index in [-0.39, 0.29) is 23.4 Å². The summed E-state index contributed by atoms with van der Waals surface area (Å²) in [5.41, 5.74) is 0.201. The zero-order valence-electron chi connectivity index (χ0n) is 10.5. The van der Waals surface area contributed by atoms with Gasteiger partial charge in [-0.3, -0.25) is 4.72 Å². The van der Waals surface area contributed by atoms with Gasteiger partial charge < -0.3 is 5.11 Å². The molecule has 0 saturated heterocycles. The number of anilines is 1. The van der Waals surface area contributed by atoms with Gasteiger partial charge in [-0.05, 0) is 6.07 Å². The van der Waals surface area contributed by atoms with Gasteiger partial charge in [0.05, 0.1) is 12.3 Å². The Hall–Kier alpha value is -2.06. The molecule has 4 nitrogen and oxygen atoms in total. The van der Waals surface area contributed by atoms with Crippen LogP contribution in [0, 0.1) is 17.5 Å². The van der Waals surface area contributed by atoms with Gasteiger partial charge in [-0.2, -0.15) is 0 Å². The first kappa shape index (κ1) is 15.3. The molecular weight excluding hydrogens is 307 g/mol. The van der Waals surface area contributed by atoms with E-state index in [0.29, 0.717) is 0 Å². The molecule has 2 N–H and O–H groups in total. The molecule has 2 rings (SSSR count). The van der Waals surface area contributed by atoms with Crippen molar-refractivity contribution in [2.45, 2.75) is 11.5 Å². The van der Waals surface area contributed by atoms with Crippen molar-refractivity contribution >= 4 is 15.7 Å². The third-order valence-corrected chi connectivity index (χ3v) is 4.08. The van der Waals surface area contributed by atoms with Gasteiger partial charge in [0, 0.05) is 17.7 Å². The van der Waals surface area contributed by atoms with Crippen molar-refractivity contribution < 1.29 is 26.7 Å². The summed E-state index contributed by atoms with van der Waals surface area (Å²) < 4.78 is 65.9. The predicted molar refractivity (Wildman–Crippen MR) is 69.5 cm³/mol. The highest BCUT2D eigenvalue weighted by atomic mass is 32.2. The average Bonchev–Trinajstić information content (AvgIpc) is 2.37. The Labute approximate surface area is 118 Å². The second kappa shape index (κ2) is 5.74.